The first-order valence-corrected chi connectivity index (χ1v) is 4.32. The van der Waals surface area contributed by atoms with Gasteiger partial charge in [0.25, 0.3) is 0 Å². The second-order valence-corrected chi connectivity index (χ2v) is 3.51. The molecule has 2 heteroatoms. The molecule has 0 radical (unpaired) electrons. The molecule has 0 fully saturated rings. The fourth-order valence-electron chi connectivity index (χ4n) is 1.28. The van der Waals surface area contributed by atoms with Crippen LogP contribution in [0.4, 0.5) is 0 Å². The maximum atomic E-state index is 8.89. The van der Waals surface area contributed by atoms with Crippen LogP contribution in [0.2, 0.25) is 0 Å². The van der Waals surface area contributed by atoms with E-state index in [1.807, 2.05) is 0 Å². The number of hydrogen-bond acceptors (Lipinski definition) is 2. The van der Waals surface area contributed by atoms with E-state index in [1.165, 1.54) is 5.57 Å². The highest BCUT2D eigenvalue weighted by Gasteiger charge is 2.14. The Morgan fingerprint density at radius 2 is 2.25 bits per heavy atom. The molecular formula is C10H17NO. The highest BCUT2D eigenvalue weighted by molar-refractivity contribution is 5.32. The molecule has 1 aliphatic carbocycles. The second kappa shape index (κ2) is 3.87. The van der Waals surface area contributed by atoms with Gasteiger partial charge in [-0.3, -0.25) is 0 Å². The Kier molecular flexibility index (Phi) is 3.06. The summed E-state index contributed by atoms with van der Waals surface area (Å²) < 4.78 is 0. The van der Waals surface area contributed by atoms with Gasteiger partial charge in [0.2, 0.25) is 0 Å². The molecule has 0 unspecified atom stereocenters. The van der Waals surface area contributed by atoms with Crippen molar-refractivity contribution >= 4 is 0 Å². The zero-order valence-electron chi connectivity index (χ0n) is 7.99. The number of aliphatic hydroxyl groups excluding tert-OH is 1. The van der Waals surface area contributed by atoms with Gasteiger partial charge in [-0.05, 0) is 26.6 Å². The summed E-state index contributed by atoms with van der Waals surface area (Å²) in [5, 5.41) is 8.89. The molecule has 0 aromatic rings. The van der Waals surface area contributed by atoms with E-state index in [-0.39, 0.29) is 12.5 Å². The molecule has 2 nitrogen and oxygen atoms in total. The molecule has 0 aromatic carbocycles. The summed E-state index contributed by atoms with van der Waals surface area (Å²) in [5.74, 6) is 0.238. The lowest BCUT2D eigenvalue weighted by Gasteiger charge is -2.19. The molecule has 1 N–H and O–H groups in total. The van der Waals surface area contributed by atoms with Crippen molar-refractivity contribution in [2.24, 2.45) is 5.92 Å². The van der Waals surface area contributed by atoms with E-state index in [0.717, 1.165) is 0 Å². The molecule has 1 aliphatic rings. The first kappa shape index (κ1) is 9.49. The third kappa shape index (κ3) is 1.96. The zero-order chi connectivity index (χ0) is 9.14. The summed E-state index contributed by atoms with van der Waals surface area (Å²) in [6.45, 7) is 2.38. The van der Waals surface area contributed by atoms with Crippen molar-refractivity contribution < 1.29 is 5.11 Å². The lowest BCUT2D eigenvalue weighted by Crippen LogP contribution is -2.25. The standard InChI is InChI=1S/C10H17NO/c1-8(11(2)3)10-5-4-9(6-10)7-12/h4-6,8-9,12H,7H2,1-3H3/t8-,9+/m1/s1. The highest BCUT2D eigenvalue weighted by atomic mass is 16.3. The Balaban J connectivity index is 2.61. The van der Waals surface area contributed by atoms with Crippen molar-refractivity contribution in [2.45, 2.75) is 13.0 Å². The van der Waals surface area contributed by atoms with Gasteiger partial charge in [0, 0.05) is 12.0 Å². The van der Waals surface area contributed by atoms with E-state index < -0.39 is 0 Å². The van der Waals surface area contributed by atoms with Crippen molar-refractivity contribution in [1.82, 2.24) is 4.90 Å². The number of aliphatic hydroxyl groups is 1. The van der Waals surface area contributed by atoms with Crippen LogP contribution in [0.15, 0.2) is 23.8 Å². The van der Waals surface area contributed by atoms with E-state index in [0.29, 0.717) is 6.04 Å². The monoisotopic (exact) mass is 167 g/mol. The maximum Gasteiger partial charge on any atom is 0.0528 e. The third-order valence-electron chi connectivity index (χ3n) is 2.41. The first-order chi connectivity index (χ1) is 5.65. The molecule has 68 valence electrons. The minimum atomic E-state index is 0.222. The average molecular weight is 167 g/mol. The van der Waals surface area contributed by atoms with Gasteiger partial charge in [-0.2, -0.15) is 0 Å². The highest BCUT2D eigenvalue weighted by Crippen LogP contribution is 2.20. The summed E-state index contributed by atoms with van der Waals surface area (Å²) in [5.41, 5.74) is 1.30. The Morgan fingerprint density at radius 3 is 2.67 bits per heavy atom. The quantitative estimate of drug-likeness (QED) is 0.679. The zero-order valence-corrected chi connectivity index (χ0v) is 7.99. The largest absolute Gasteiger partial charge is 0.395 e. The van der Waals surface area contributed by atoms with E-state index in [9.17, 15) is 0 Å². The van der Waals surface area contributed by atoms with Crippen LogP contribution in [0, 0.1) is 5.92 Å². The van der Waals surface area contributed by atoms with Crippen LogP contribution in [-0.2, 0) is 0 Å². The normalized spacial score (nSPS) is 24.8. The SMILES string of the molecule is C[C@H](C1=C[C@@H](CO)C=C1)N(C)C. The van der Waals surface area contributed by atoms with E-state index >= 15 is 0 Å². The summed E-state index contributed by atoms with van der Waals surface area (Å²) in [4.78, 5) is 2.16. The molecule has 0 amide bonds. The van der Waals surface area contributed by atoms with Crippen molar-refractivity contribution in [2.75, 3.05) is 20.7 Å². The van der Waals surface area contributed by atoms with E-state index in [4.69, 9.17) is 5.11 Å². The Hall–Kier alpha value is -0.600. The molecular weight excluding hydrogens is 150 g/mol. The van der Waals surface area contributed by atoms with E-state index in [2.05, 4.69) is 44.1 Å². The minimum absolute atomic E-state index is 0.222. The Labute approximate surface area is 74.2 Å². The molecule has 0 saturated carbocycles. The fraction of sp³-hybridized carbons (Fsp3) is 0.600. The van der Waals surface area contributed by atoms with Crippen LogP contribution >= 0.6 is 0 Å². The van der Waals surface area contributed by atoms with E-state index in [1.54, 1.807) is 0 Å². The molecule has 0 spiro atoms. The fourth-order valence-corrected chi connectivity index (χ4v) is 1.28. The topological polar surface area (TPSA) is 23.5 Å². The van der Waals surface area contributed by atoms with Gasteiger partial charge < -0.3 is 10.0 Å². The number of likely N-dealkylation sites (N-methyl/N-ethyl adjacent to an activating group) is 1. The number of nitrogens with zero attached hydrogens (tertiary/aromatic N) is 1. The molecule has 12 heavy (non-hydrogen) atoms. The lowest BCUT2D eigenvalue weighted by atomic mass is 10.1. The Bertz CT molecular complexity index is 206. The molecule has 0 aromatic heterocycles. The summed E-state index contributed by atoms with van der Waals surface area (Å²) in [6.07, 6.45) is 6.28. The van der Waals surface area contributed by atoms with Gasteiger partial charge in [0.05, 0.1) is 6.61 Å². The van der Waals surface area contributed by atoms with Crippen LogP contribution < -0.4 is 0 Å². The van der Waals surface area contributed by atoms with Gasteiger partial charge in [0.15, 0.2) is 0 Å². The van der Waals surface area contributed by atoms with Crippen molar-refractivity contribution in [1.29, 1.82) is 0 Å². The molecule has 0 saturated heterocycles. The summed E-state index contributed by atoms with van der Waals surface area (Å²) >= 11 is 0. The van der Waals surface area contributed by atoms with Gasteiger partial charge in [-0.1, -0.05) is 18.2 Å². The molecule has 2 atom stereocenters. The van der Waals surface area contributed by atoms with Crippen LogP contribution in [0.1, 0.15) is 6.92 Å². The van der Waals surface area contributed by atoms with Crippen LogP contribution in [-0.4, -0.2) is 36.8 Å². The molecule has 0 heterocycles. The van der Waals surface area contributed by atoms with Crippen molar-refractivity contribution in [3.05, 3.63) is 23.8 Å². The van der Waals surface area contributed by atoms with Gasteiger partial charge in [-0.15, -0.1) is 0 Å². The molecule has 1 rings (SSSR count). The molecule has 0 bridgehead atoms. The first-order valence-electron chi connectivity index (χ1n) is 4.32. The lowest BCUT2D eigenvalue weighted by molar-refractivity contribution is 0.274. The number of rotatable bonds is 3. The smallest absolute Gasteiger partial charge is 0.0528 e. The van der Waals surface area contributed by atoms with Gasteiger partial charge in [0.1, 0.15) is 0 Å². The van der Waals surface area contributed by atoms with Gasteiger partial charge >= 0.3 is 0 Å². The maximum absolute atomic E-state index is 8.89. The van der Waals surface area contributed by atoms with Crippen molar-refractivity contribution in [3.8, 4) is 0 Å². The summed E-state index contributed by atoms with van der Waals surface area (Å²) in [6, 6.07) is 0.442. The number of hydrogen-bond donors (Lipinski definition) is 1. The summed E-state index contributed by atoms with van der Waals surface area (Å²) in [7, 11) is 4.12. The van der Waals surface area contributed by atoms with Crippen LogP contribution in [0.3, 0.4) is 0 Å². The van der Waals surface area contributed by atoms with Gasteiger partial charge in [-0.25, -0.2) is 0 Å². The van der Waals surface area contributed by atoms with Crippen LogP contribution in [0.25, 0.3) is 0 Å². The average Bonchev–Trinajstić information content (AvgIpc) is 2.50. The third-order valence-corrected chi connectivity index (χ3v) is 2.41. The Morgan fingerprint density at radius 1 is 1.58 bits per heavy atom. The van der Waals surface area contributed by atoms with Crippen molar-refractivity contribution in [3.63, 3.8) is 0 Å². The minimum Gasteiger partial charge on any atom is -0.395 e. The molecule has 0 aliphatic heterocycles. The van der Waals surface area contributed by atoms with Crippen LogP contribution in [0.5, 0.6) is 0 Å². The second-order valence-electron chi connectivity index (χ2n) is 3.51. The predicted molar refractivity (Wildman–Crippen MR) is 50.9 cm³/mol. The predicted octanol–water partition coefficient (Wildman–Crippen LogP) is 1.04.